The third-order valence-electron chi connectivity index (χ3n) is 7.03. The summed E-state index contributed by atoms with van der Waals surface area (Å²) < 4.78 is 1.71. The molecule has 0 saturated heterocycles. The Hall–Kier alpha value is -2.95. The summed E-state index contributed by atoms with van der Waals surface area (Å²) in [6.45, 7) is 11.2. The first-order valence-electron chi connectivity index (χ1n) is 13.4. The molecule has 2 aromatic carbocycles. The second-order valence-corrected chi connectivity index (χ2v) is 9.46. The molecule has 0 fully saturated rings. The quantitative estimate of drug-likeness (QED) is 0.288. The Morgan fingerprint density at radius 1 is 0.971 bits per heavy atom. The van der Waals surface area contributed by atoms with E-state index in [1.165, 1.54) is 5.56 Å². The molecule has 1 heterocycles. The van der Waals surface area contributed by atoms with E-state index in [0.717, 1.165) is 50.6 Å². The lowest BCUT2D eigenvalue weighted by Gasteiger charge is -2.33. The maximum atomic E-state index is 13.8. The van der Waals surface area contributed by atoms with E-state index in [2.05, 4.69) is 39.8 Å². The molecule has 0 radical (unpaired) electrons. The number of amides is 1. The van der Waals surface area contributed by atoms with Crippen LogP contribution in [0.3, 0.4) is 0 Å². The standard InChI is InChI=1S/C30H41N3O2/c1-6-10-14-24(9-4)29(34)32(21-11-7-2)22(5)28-31-27-16-13-12-15-26(27)30(35)33(28)25-19-17-23(8-3)18-20-25/h12-13,15-20,22,24H,6-11,14,21H2,1-5H3. The van der Waals surface area contributed by atoms with Crippen molar-refractivity contribution in [1.82, 2.24) is 14.5 Å². The Morgan fingerprint density at radius 3 is 2.29 bits per heavy atom. The van der Waals surface area contributed by atoms with Gasteiger partial charge in [0.15, 0.2) is 0 Å². The van der Waals surface area contributed by atoms with Gasteiger partial charge in [0.1, 0.15) is 5.82 Å². The van der Waals surface area contributed by atoms with Gasteiger partial charge in [0.2, 0.25) is 5.91 Å². The number of fused-ring (bicyclic) bond motifs is 1. The number of benzene rings is 2. The van der Waals surface area contributed by atoms with Crippen LogP contribution in [0.1, 0.15) is 90.6 Å². The first-order chi connectivity index (χ1) is 17.0. The highest BCUT2D eigenvalue weighted by Crippen LogP contribution is 2.27. The van der Waals surface area contributed by atoms with Crippen molar-refractivity contribution in [3.8, 4) is 5.69 Å². The number of carbonyl (C=O) groups is 1. The zero-order valence-electron chi connectivity index (χ0n) is 22.1. The highest BCUT2D eigenvalue weighted by atomic mass is 16.2. The van der Waals surface area contributed by atoms with E-state index in [1.54, 1.807) is 4.57 Å². The van der Waals surface area contributed by atoms with Crippen LogP contribution in [0.25, 0.3) is 16.6 Å². The van der Waals surface area contributed by atoms with Crippen molar-refractivity contribution in [1.29, 1.82) is 0 Å². The Labute approximate surface area is 210 Å². The first-order valence-corrected chi connectivity index (χ1v) is 13.4. The summed E-state index contributed by atoms with van der Waals surface area (Å²) in [6.07, 6.45) is 6.70. The molecule has 5 heteroatoms. The maximum absolute atomic E-state index is 13.8. The van der Waals surface area contributed by atoms with Gasteiger partial charge >= 0.3 is 0 Å². The smallest absolute Gasteiger partial charge is 0.266 e. The predicted octanol–water partition coefficient (Wildman–Crippen LogP) is 6.85. The van der Waals surface area contributed by atoms with E-state index in [0.29, 0.717) is 23.3 Å². The maximum Gasteiger partial charge on any atom is 0.266 e. The van der Waals surface area contributed by atoms with Gasteiger partial charge in [-0.25, -0.2) is 4.98 Å². The Morgan fingerprint density at radius 2 is 1.66 bits per heavy atom. The molecular formula is C30H41N3O2. The molecule has 0 bridgehead atoms. The number of aryl methyl sites for hydroxylation is 1. The van der Waals surface area contributed by atoms with Crippen molar-refractivity contribution in [3.63, 3.8) is 0 Å². The monoisotopic (exact) mass is 475 g/mol. The second-order valence-electron chi connectivity index (χ2n) is 9.46. The molecule has 0 saturated carbocycles. The zero-order valence-corrected chi connectivity index (χ0v) is 22.1. The van der Waals surface area contributed by atoms with Gasteiger partial charge in [-0.3, -0.25) is 14.2 Å². The van der Waals surface area contributed by atoms with Gasteiger partial charge in [0, 0.05) is 12.5 Å². The number of rotatable bonds is 12. The van der Waals surface area contributed by atoms with Crippen molar-refractivity contribution < 1.29 is 4.79 Å². The van der Waals surface area contributed by atoms with Crippen LogP contribution < -0.4 is 5.56 Å². The summed E-state index contributed by atoms with van der Waals surface area (Å²) in [5.41, 5.74) is 2.57. The minimum atomic E-state index is -0.326. The lowest BCUT2D eigenvalue weighted by molar-refractivity contribution is -0.138. The summed E-state index contributed by atoms with van der Waals surface area (Å²) in [4.78, 5) is 34.5. The van der Waals surface area contributed by atoms with Crippen LogP contribution in [0.15, 0.2) is 53.3 Å². The molecule has 35 heavy (non-hydrogen) atoms. The van der Waals surface area contributed by atoms with Crippen LogP contribution in [0, 0.1) is 5.92 Å². The van der Waals surface area contributed by atoms with Crippen molar-refractivity contribution >= 4 is 16.8 Å². The molecule has 0 aliphatic heterocycles. The van der Waals surface area contributed by atoms with Crippen molar-refractivity contribution in [2.45, 2.75) is 85.6 Å². The molecule has 188 valence electrons. The minimum absolute atomic E-state index is 0.00118. The lowest BCUT2D eigenvalue weighted by atomic mass is 9.96. The fourth-order valence-corrected chi connectivity index (χ4v) is 4.71. The third-order valence-corrected chi connectivity index (χ3v) is 7.03. The van der Waals surface area contributed by atoms with E-state index in [-0.39, 0.29) is 23.4 Å². The normalized spacial score (nSPS) is 13.1. The lowest BCUT2D eigenvalue weighted by Crippen LogP contribution is -2.41. The number of unbranched alkanes of at least 4 members (excludes halogenated alkanes) is 2. The second kappa shape index (κ2) is 12.7. The number of carbonyl (C=O) groups excluding carboxylic acids is 1. The molecule has 1 amide bonds. The van der Waals surface area contributed by atoms with E-state index in [4.69, 9.17) is 4.98 Å². The number of nitrogens with zero attached hydrogens (tertiary/aromatic N) is 3. The molecule has 5 nitrogen and oxygen atoms in total. The van der Waals surface area contributed by atoms with E-state index in [1.807, 2.05) is 48.2 Å². The van der Waals surface area contributed by atoms with Gasteiger partial charge < -0.3 is 4.90 Å². The van der Waals surface area contributed by atoms with Gasteiger partial charge in [0.05, 0.1) is 22.6 Å². The molecule has 3 rings (SSSR count). The van der Waals surface area contributed by atoms with E-state index in [9.17, 15) is 9.59 Å². The minimum Gasteiger partial charge on any atom is -0.333 e. The average Bonchev–Trinajstić information content (AvgIpc) is 2.89. The molecule has 2 unspecified atom stereocenters. The van der Waals surface area contributed by atoms with Gasteiger partial charge in [-0.1, -0.05) is 71.2 Å². The fraction of sp³-hybridized carbons (Fsp3) is 0.500. The molecule has 1 aromatic heterocycles. The van der Waals surface area contributed by atoms with Gasteiger partial charge in [-0.15, -0.1) is 0 Å². The summed E-state index contributed by atoms with van der Waals surface area (Å²) in [7, 11) is 0. The van der Waals surface area contributed by atoms with Gasteiger partial charge in [0.25, 0.3) is 5.56 Å². The molecule has 0 aliphatic carbocycles. The van der Waals surface area contributed by atoms with E-state index < -0.39 is 0 Å². The Balaban J connectivity index is 2.16. The molecule has 3 aromatic rings. The summed E-state index contributed by atoms with van der Waals surface area (Å²) in [6, 6.07) is 15.2. The Bertz CT molecular complexity index is 1170. The van der Waals surface area contributed by atoms with Gasteiger partial charge in [-0.2, -0.15) is 0 Å². The number of aromatic nitrogens is 2. The van der Waals surface area contributed by atoms with Crippen LogP contribution in [0.4, 0.5) is 0 Å². The van der Waals surface area contributed by atoms with Crippen LogP contribution >= 0.6 is 0 Å². The number of hydrogen-bond donors (Lipinski definition) is 0. The molecule has 0 spiro atoms. The highest BCUT2D eigenvalue weighted by molar-refractivity contribution is 5.80. The number of hydrogen-bond acceptors (Lipinski definition) is 3. The molecular weight excluding hydrogens is 434 g/mol. The average molecular weight is 476 g/mol. The van der Waals surface area contributed by atoms with Crippen LogP contribution in [-0.2, 0) is 11.2 Å². The Kier molecular flexibility index (Phi) is 9.64. The van der Waals surface area contributed by atoms with E-state index >= 15 is 0 Å². The van der Waals surface area contributed by atoms with Crippen LogP contribution in [-0.4, -0.2) is 26.9 Å². The first kappa shape index (κ1) is 26.7. The predicted molar refractivity (Wildman–Crippen MR) is 145 cm³/mol. The largest absolute Gasteiger partial charge is 0.333 e. The number of para-hydroxylation sites is 1. The fourth-order valence-electron chi connectivity index (χ4n) is 4.71. The van der Waals surface area contributed by atoms with Crippen molar-refractivity contribution in [2.24, 2.45) is 5.92 Å². The summed E-state index contributed by atoms with van der Waals surface area (Å²) in [5, 5.41) is 0.587. The summed E-state index contributed by atoms with van der Waals surface area (Å²) >= 11 is 0. The SMILES string of the molecule is CCCCC(CC)C(=O)N(CCCC)C(C)c1nc2ccccc2c(=O)n1-c1ccc(CC)cc1. The van der Waals surface area contributed by atoms with Crippen LogP contribution in [0.5, 0.6) is 0 Å². The third kappa shape index (κ3) is 6.01. The van der Waals surface area contributed by atoms with Crippen LogP contribution in [0.2, 0.25) is 0 Å². The topological polar surface area (TPSA) is 55.2 Å². The summed E-state index contributed by atoms with van der Waals surface area (Å²) in [5.74, 6) is 0.795. The molecule has 2 atom stereocenters. The molecule has 0 aliphatic rings. The highest BCUT2D eigenvalue weighted by Gasteiger charge is 2.30. The van der Waals surface area contributed by atoms with Crippen molar-refractivity contribution in [3.05, 3.63) is 70.3 Å². The molecule has 0 N–H and O–H groups in total. The zero-order chi connectivity index (χ0) is 25.4. The van der Waals surface area contributed by atoms with Gasteiger partial charge in [-0.05, 0) is 62.4 Å². The van der Waals surface area contributed by atoms with Crippen molar-refractivity contribution in [2.75, 3.05) is 6.54 Å².